The maximum Gasteiger partial charge on any atom is 0.404 e. The summed E-state index contributed by atoms with van der Waals surface area (Å²) in [5, 5.41) is 0. The number of hydrogen-bond donors (Lipinski definition) is 4. The molecule has 4 rings (SSSR count). The predicted octanol–water partition coefficient (Wildman–Crippen LogP) is 7.67. The fourth-order valence-electron chi connectivity index (χ4n) is 5.76. The SMILES string of the molecule is C#C.CC.CC.CCCN(Cc1ncc(-c2ccc(-c3ccc(-c4cnc(CN(CCC)C(=O)CCCN(C)C)[nH]4)cc3)cc2)[nH]1)C(=O)CCCN(C)C.COC.COC(N)=O.NC=O. The summed E-state index contributed by atoms with van der Waals surface area (Å²) in [6.07, 6.45) is 15.8. The number of aromatic amines is 2. The number of H-pyrrole nitrogens is 2. The molecule has 0 atom stereocenters. The van der Waals surface area contributed by atoms with Gasteiger partial charge in [-0.25, -0.2) is 14.8 Å². The Labute approximate surface area is 390 Å². The molecule has 0 saturated carbocycles. The molecule has 16 heteroatoms. The van der Waals surface area contributed by atoms with Crippen LogP contribution in [0, 0.1) is 12.8 Å². The van der Waals surface area contributed by atoms with Crippen molar-refractivity contribution in [1.82, 2.24) is 39.5 Å². The summed E-state index contributed by atoms with van der Waals surface area (Å²) in [7, 11) is 12.6. The molecular formula is C49H82N10O6. The number of rotatable bonds is 19. The first-order chi connectivity index (χ1) is 31.3. The molecule has 2 heterocycles. The Morgan fingerprint density at radius 1 is 0.631 bits per heavy atom. The average molecular weight is 907 g/mol. The number of nitrogens with two attached hydrogens (primary N) is 2. The molecule has 0 bridgehead atoms. The van der Waals surface area contributed by atoms with Gasteiger partial charge < -0.3 is 50.5 Å². The zero-order valence-electron chi connectivity index (χ0n) is 41.8. The molecule has 0 spiro atoms. The Bertz CT molecular complexity index is 1690. The van der Waals surface area contributed by atoms with Gasteiger partial charge >= 0.3 is 6.09 Å². The quantitative estimate of drug-likeness (QED) is 0.0533. The molecule has 0 aliphatic rings. The molecule has 0 aliphatic heterocycles. The summed E-state index contributed by atoms with van der Waals surface area (Å²) in [5.41, 5.74) is 14.8. The minimum atomic E-state index is -0.745. The molecule has 0 radical (unpaired) electrons. The normalized spacial score (nSPS) is 9.62. The summed E-state index contributed by atoms with van der Waals surface area (Å²) >= 11 is 0. The monoisotopic (exact) mass is 907 g/mol. The van der Waals surface area contributed by atoms with Gasteiger partial charge in [0.25, 0.3) is 0 Å². The van der Waals surface area contributed by atoms with Crippen LogP contribution >= 0.6 is 0 Å². The summed E-state index contributed by atoms with van der Waals surface area (Å²) in [4.78, 5) is 67.7. The second-order valence-electron chi connectivity index (χ2n) is 14.2. The lowest BCUT2D eigenvalue weighted by Crippen LogP contribution is -2.32. The largest absolute Gasteiger partial charge is 0.453 e. The third-order valence-corrected chi connectivity index (χ3v) is 8.55. The molecule has 0 fully saturated rings. The van der Waals surface area contributed by atoms with Crippen LogP contribution in [-0.4, -0.2) is 140 Å². The number of terminal acetylenes is 1. The number of imidazole rings is 2. The molecule has 0 saturated heterocycles. The van der Waals surface area contributed by atoms with Crippen LogP contribution in [0.4, 0.5) is 4.79 Å². The number of carbonyl (C=O) groups is 4. The first-order valence-electron chi connectivity index (χ1n) is 22.1. The Morgan fingerprint density at radius 2 is 0.908 bits per heavy atom. The van der Waals surface area contributed by atoms with Crippen LogP contribution in [-0.2, 0) is 36.9 Å². The van der Waals surface area contributed by atoms with Gasteiger partial charge in [-0.2, -0.15) is 0 Å². The molecule has 2 aromatic heterocycles. The second-order valence-corrected chi connectivity index (χ2v) is 14.2. The van der Waals surface area contributed by atoms with E-state index in [-0.39, 0.29) is 18.2 Å². The number of primary amides is 2. The van der Waals surface area contributed by atoms with Crippen molar-refractivity contribution in [3.8, 4) is 46.5 Å². The molecule has 0 aliphatic carbocycles. The lowest BCUT2D eigenvalue weighted by Gasteiger charge is -2.21. The number of benzene rings is 2. The fraction of sp³-hybridized carbons (Fsp3) is 0.510. The van der Waals surface area contributed by atoms with Crippen LogP contribution in [0.2, 0.25) is 0 Å². The van der Waals surface area contributed by atoms with Crippen molar-refractivity contribution in [1.29, 1.82) is 0 Å². The van der Waals surface area contributed by atoms with E-state index >= 15 is 0 Å². The second kappa shape index (κ2) is 40.7. The number of aromatic nitrogens is 4. The van der Waals surface area contributed by atoms with Gasteiger partial charge in [0, 0.05) is 40.2 Å². The first kappa shape index (κ1) is 63.3. The van der Waals surface area contributed by atoms with E-state index < -0.39 is 6.09 Å². The highest BCUT2D eigenvalue weighted by molar-refractivity contribution is 5.77. The summed E-state index contributed by atoms with van der Waals surface area (Å²) in [6, 6.07) is 16.9. The zero-order valence-corrected chi connectivity index (χ0v) is 41.8. The van der Waals surface area contributed by atoms with Crippen molar-refractivity contribution in [2.24, 2.45) is 11.5 Å². The minimum absolute atomic E-state index is 0.178. The van der Waals surface area contributed by atoms with Gasteiger partial charge in [0.1, 0.15) is 11.6 Å². The van der Waals surface area contributed by atoms with Gasteiger partial charge in [-0.05, 0) is 89.2 Å². The standard InChI is InChI=1S/C38H54N8O2.C2H5NO2.C2H6O.2C2H6.C2H2.CH3NO/c1-7-21-45(37(47)11-9-23-43(3)4)27-35-39-25-33(41-35)31-17-13-29(14-18-31)30-15-19-32(20-16-30)34-26-40-36(42-34)28-46(22-8-2)38(48)12-10-24-44(5)6;1-5-2(3)4;1-3-2;3*1-2;2-1-3/h13-20,25-26H,7-12,21-24,27-28H2,1-6H3,(H,39,41)(H,40,42);1H3,(H2,3,4);1-2H3;2*1-2H3;1-2H;1H,(H2,2,3). The van der Waals surface area contributed by atoms with Gasteiger partial charge in [0.15, 0.2) is 0 Å². The molecule has 16 nitrogen and oxygen atoms in total. The van der Waals surface area contributed by atoms with Crippen LogP contribution in [0.3, 0.4) is 0 Å². The summed E-state index contributed by atoms with van der Waals surface area (Å²) in [6.45, 7) is 16.4. The highest BCUT2D eigenvalue weighted by atomic mass is 16.5. The van der Waals surface area contributed by atoms with Gasteiger partial charge in [0.05, 0.1) is 44.0 Å². The molecule has 65 heavy (non-hydrogen) atoms. The van der Waals surface area contributed by atoms with E-state index in [0.717, 1.165) is 97.2 Å². The van der Waals surface area contributed by atoms with Crippen LogP contribution in [0.15, 0.2) is 60.9 Å². The Kier molecular flexibility index (Phi) is 39.6. The van der Waals surface area contributed by atoms with E-state index in [2.05, 4.69) is 126 Å². The Hall–Kier alpha value is -6.02. The molecule has 364 valence electrons. The Balaban J connectivity index is -0.00000197. The van der Waals surface area contributed by atoms with Crippen LogP contribution in [0.25, 0.3) is 33.6 Å². The first-order valence-corrected chi connectivity index (χ1v) is 22.1. The van der Waals surface area contributed by atoms with Gasteiger partial charge in [-0.1, -0.05) is 90.1 Å². The number of carbonyl (C=O) groups excluding carboxylic acids is 4. The van der Waals surface area contributed by atoms with Gasteiger partial charge in [-0.15, -0.1) is 12.8 Å². The van der Waals surface area contributed by atoms with Gasteiger partial charge in [-0.3, -0.25) is 14.4 Å². The number of ether oxygens (including phenoxy) is 2. The maximum atomic E-state index is 12.8. The van der Waals surface area contributed by atoms with Crippen LogP contribution in [0.5, 0.6) is 0 Å². The molecule has 6 N–H and O–H groups in total. The smallest absolute Gasteiger partial charge is 0.404 e. The van der Waals surface area contributed by atoms with Crippen molar-refractivity contribution in [3.63, 3.8) is 0 Å². The predicted molar refractivity (Wildman–Crippen MR) is 266 cm³/mol. The van der Waals surface area contributed by atoms with Crippen LogP contribution < -0.4 is 11.5 Å². The maximum absolute atomic E-state index is 12.8. The van der Waals surface area contributed by atoms with Crippen molar-refractivity contribution < 1.29 is 28.7 Å². The van der Waals surface area contributed by atoms with Crippen molar-refractivity contribution in [2.45, 2.75) is 93.2 Å². The van der Waals surface area contributed by atoms with E-state index in [4.69, 9.17) is 4.79 Å². The molecule has 0 unspecified atom stereocenters. The number of hydrogen-bond acceptors (Lipinski definition) is 10. The average Bonchev–Trinajstić information content (AvgIpc) is 3.99. The van der Waals surface area contributed by atoms with E-state index in [1.807, 2.05) is 78.1 Å². The number of methoxy groups -OCH3 is 2. The topological polar surface area (TPSA) is 209 Å². The highest BCUT2D eigenvalue weighted by Gasteiger charge is 2.17. The summed E-state index contributed by atoms with van der Waals surface area (Å²) in [5.74, 6) is 1.95. The molecule has 4 aromatic rings. The fourth-order valence-corrected chi connectivity index (χ4v) is 5.76. The van der Waals surface area contributed by atoms with Crippen molar-refractivity contribution in [3.05, 3.63) is 72.6 Å². The Morgan fingerprint density at radius 3 is 1.15 bits per heavy atom. The zero-order chi connectivity index (χ0) is 50.2. The van der Waals surface area contributed by atoms with Gasteiger partial charge in [0.2, 0.25) is 18.2 Å². The lowest BCUT2D eigenvalue weighted by atomic mass is 10.0. The van der Waals surface area contributed by atoms with E-state index in [1.165, 1.54) is 7.11 Å². The number of nitrogens with zero attached hydrogens (tertiary/aromatic N) is 6. The molecular weight excluding hydrogens is 825 g/mol. The highest BCUT2D eigenvalue weighted by Crippen LogP contribution is 2.27. The van der Waals surface area contributed by atoms with E-state index in [0.29, 0.717) is 25.9 Å². The number of nitrogens with one attached hydrogen (secondary N) is 2. The third kappa shape index (κ3) is 28.4. The molecule has 4 amide bonds. The number of amides is 4. The molecule has 2 aromatic carbocycles. The van der Waals surface area contributed by atoms with Crippen LogP contribution in [0.1, 0.15) is 91.7 Å². The summed E-state index contributed by atoms with van der Waals surface area (Å²) < 4.78 is 8.14. The minimum Gasteiger partial charge on any atom is -0.453 e. The van der Waals surface area contributed by atoms with Crippen molar-refractivity contribution >= 4 is 24.3 Å². The third-order valence-electron chi connectivity index (χ3n) is 8.55. The van der Waals surface area contributed by atoms with E-state index in [9.17, 15) is 14.4 Å². The lowest BCUT2D eigenvalue weighted by molar-refractivity contribution is -0.132. The van der Waals surface area contributed by atoms with E-state index in [1.54, 1.807) is 14.2 Å². The van der Waals surface area contributed by atoms with Crippen molar-refractivity contribution in [2.75, 3.05) is 75.7 Å².